The molecule has 1 aliphatic heterocycles. The first kappa shape index (κ1) is 19.7. The minimum Gasteiger partial charge on any atom is -0.477 e. The average molecular weight is 398 g/mol. The number of nitrogens with one attached hydrogen (secondary N) is 2. The van der Waals surface area contributed by atoms with E-state index in [0.29, 0.717) is 18.3 Å². The molecule has 4 rings (SSSR count). The van der Waals surface area contributed by atoms with Gasteiger partial charge in [0.15, 0.2) is 11.8 Å². The number of pyridine rings is 1. The van der Waals surface area contributed by atoms with Gasteiger partial charge < -0.3 is 15.4 Å². The Labute approximate surface area is 172 Å². The maximum Gasteiger partial charge on any atom is 0.213 e. The second-order valence-electron chi connectivity index (χ2n) is 8.29. The van der Waals surface area contributed by atoms with Crippen molar-refractivity contribution in [3.63, 3.8) is 0 Å². The highest BCUT2D eigenvalue weighted by molar-refractivity contribution is 5.79. The lowest BCUT2D eigenvalue weighted by Crippen LogP contribution is -2.46. The number of guanidine groups is 1. The van der Waals surface area contributed by atoms with Crippen molar-refractivity contribution in [3.8, 4) is 5.88 Å². The molecular weight excluding hydrogens is 366 g/mol. The van der Waals surface area contributed by atoms with E-state index in [1.54, 1.807) is 13.2 Å². The normalized spacial score (nSPS) is 19.2. The third-order valence-electron chi connectivity index (χ3n) is 5.38. The quantitative estimate of drug-likeness (QED) is 0.550. The van der Waals surface area contributed by atoms with Gasteiger partial charge in [0.05, 0.1) is 13.2 Å². The van der Waals surface area contributed by atoms with Gasteiger partial charge in [0.2, 0.25) is 5.88 Å². The van der Waals surface area contributed by atoms with Crippen molar-refractivity contribution in [2.24, 2.45) is 10.9 Å². The summed E-state index contributed by atoms with van der Waals surface area (Å²) in [4.78, 5) is 13.3. The van der Waals surface area contributed by atoms with Crippen LogP contribution in [0.4, 0.5) is 0 Å². The molecule has 1 atom stereocenters. The van der Waals surface area contributed by atoms with E-state index in [0.717, 1.165) is 55.1 Å². The number of aliphatic imine (C=N–C) groups is 1. The molecule has 156 valence electrons. The zero-order chi connectivity index (χ0) is 20.2. The highest BCUT2D eigenvalue weighted by Crippen LogP contribution is 2.29. The number of aryl methyl sites for hydroxylation is 1. The number of ether oxygens (including phenoxy) is 1. The summed E-state index contributed by atoms with van der Waals surface area (Å²) in [5.74, 6) is 4.59. The van der Waals surface area contributed by atoms with Crippen LogP contribution in [0.5, 0.6) is 5.88 Å². The van der Waals surface area contributed by atoms with E-state index in [1.807, 2.05) is 16.8 Å². The fourth-order valence-corrected chi connectivity index (χ4v) is 3.39. The topological polar surface area (TPSA) is 89.2 Å². The van der Waals surface area contributed by atoms with E-state index in [-0.39, 0.29) is 6.04 Å². The number of aromatic nitrogens is 4. The molecule has 0 saturated heterocycles. The van der Waals surface area contributed by atoms with Crippen LogP contribution in [0.2, 0.25) is 0 Å². The number of rotatable bonds is 7. The number of hydrogen-bond acceptors (Lipinski definition) is 5. The Morgan fingerprint density at radius 3 is 2.97 bits per heavy atom. The molecule has 0 aromatic carbocycles. The van der Waals surface area contributed by atoms with Gasteiger partial charge in [-0.15, -0.1) is 0 Å². The van der Waals surface area contributed by atoms with Crippen LogP contribution in [0.15, 0.2) is 23.3 Å². The van der Waals surface area contributed by atoms with E-state index in [4.69, 9.17) is 4.74 Å². The summed E-state index contributed by atoms with van der Waals surface area (Å²) in [6, 6.07) is 4.28. The summed E-state index contributed by atoms with van der Waals surface area (Å²) >= 11 is 0. The van der Waals surface area contributed by atoms with Crippen LogP contribution in [-0.2, 0) is 19.5 Å². The molecule has 1 fully saturated rings. The molecule has 3 heterocycles. The molecule has 2 aromatic rings. The zero-order valence-electron chi connectivity index (χ0n) is 17.6. The lowest BCUT2D eigenvalue weighted by molar-refractivity contribution is 0.288. The van der Waals surface area contributed by atoms with Crippen LogP contribution in [0.25, 0.3) is 0 Å². The highest BCUT2D eigenvalue weighted by Gasteiger charge is 2.23. The Kier molecular flexibility index (Phi) is 5.97. The summed E-state index contributed by atoms with van der Waals surface area (Å²) in [7, 11) is 1.80. The maximum atomic E-state index is 5.78. The minimum absolute atomic E-state index is 0.283. The van der Waals surface area contributed by atoms with Gasteiger partial charge in [0.25, 0.3) is 0 Å². The zero-order valence-corrected chi connectivity index (χ0v) is 17.6. The van der Waals surface area contributed by atoms with E-state index in [1.165, 1.54) is 12.8 Å². The van der Waals surface area contributed by atoms with Crippen molar-refractivity contribution >= 4 is 5.96 Å². The van der Waals surface area contributed by atoms with Crippen LogP contribution in [0.3, 0.4) is 0 Å². The molecule has 8 nitrogen and oxygen atoms in total. The summed E-state index contributed by atoms with van der Waals surface area (Å²) in [6.07, 6.45) is 6.31. The molecule has 1 saturated carbocycles. The molecule has 0 radical (unpaired) electrons. The Bertz CT molecular complexity index is 856. The van der Waals surface area contributed by atoms with Crippen LogP contribution in [0.1, 0.15) is 56.2 Å². The van der Waals surface area contributed by atoms with Crippen molar-refractivity contribution in [1.29, 1.82) is 0 Å². The second kappa shape index (κ2) is 8.80. The molecule has 8 heteroatoms. The SMILES string of the molecule is CN=C(NCc1ccnc(OCC2CC2)c1)NC1CCc2nc(C(C)C)nn2C1. The molecule has 0 amide bonds. The molecule has 2 aliphatic rings. The van der Waals surface area contributed by atoms with Gasteiger partial charge in [-0.3, -0.25) is 4.99 Å². The third kappa shape index (κ3) is 5.25. The summed E-state index contributed by atoms with van der Waals surface area (Å²) < 4.78 is 7.81. The van der Waals surface area contributed by atoms with Gasteiger partial charge in [-0.1, -0.05) is 13.8 Å². The first-order chi connectivity index (χ1) is 14.1. The smallest absolute Gasteiger partial charge is 0.213 e. The monoisotopic (exact) mass is 397 g/mol. The Morgan fingerprint density at radius 1 is 1.34 bits per heavy atom. The van der Waals surface area contributed by atoms with Crippen molar-refractivity contribution in [3.05, 3.63) is 35.5 Å². The molecule has 29 heavy (non-hydrogen) atoms. The molecule has 1 unspecified atom stereocenters. The summed E-state index contributed by atoms with van der Waals surface area (Å²) in [6.45, 7) is 6.51. The molecule has 0 bridgehead atoms. The van der Waals surface area contributed by atoms with Gasteiger partial charge in [-0.25, -0.2) is 14.6 Å². The molecular formula is C21H31N7O. The summed E-state index contributed by atoms with van der Waals surface area (Å²) in [5.41, 5.74) is 1.12. The predicted molar refractivity (Wildman–Crippen MR) is 112 cm³/mol. The second-order valence-corrected chi connectivity index (χ2v) is 8.29. The molecule has 2 aromatic heterocycles. The number of fused-ring (bicyclic) bond motifs is 1. The largest absolute Gasteiger partial charge is 0.477 e. The Morgan fingerprint density at radius 2 is 2.21 bits per heavy atom. The van der Waals surface area contributed by atoms with Crippen molar-refractivity contribution in [2.45, 2.75) is 64.6 Å². The van der Waals surface area contributed by atoms with Crippen molar-refractivity contribution in [2.75, 3.05) is 13.7 Å². The maximum absolute atomic E-state index is 5.78. The fourth-order valence-electron chi connectivity index (χ4n) is 3.39. The summed E-state index contributed by atoms with van der Waals surface area (Å²) in [5, 5.41) is 11.6. The lowest BCUT2D eigenvalue weighted by Gasteiger charge is -2.25. The number of nitrogens with zero attached hydrogens (tertiary/aromatic N) is 5. The Hall–Kier alpha value is -2.64. The van der Waals surface area contributed by atoms with Crippen LogP contribution in [-0.4, -0.2) is 45.4 Å². The number of hydrogen-bond donors (Lipinski definition) is 2. The predicted octanol–water partition coefficient (Wildman–Crippen LogP) is 2.27. The third-order valence-corrected chi connectivity index (χ3v) is 5.38. The van der Waals surface area contributed by atoms with Gasteiger partial charge in [0.1, 0.15) is 5.82 Å². The van der Waals surface area contributed by atoms with Gasteiger partial charge in [-0.05, 0) is 36.8 Å². The van der Waals surface area contributed by atoms with E-state index >= 15 is 0 Å². The van der Waals surface area contributed by atoms with E-state index in [2.05, 4.69) is 44.5 Å². The van der Waals surface area contributed by atoms with Gasteiger partial charge >= 0.3 is 0 Å². The average Bonchev–Trinajstić information content (AvgIpc) is 3.46. The highest BCUT2D eigenvalue weighted by atomic mass is 16.5. The molecule has 2 N–H and O–H groups in total. The van der Waals surface area contributed by atoms with E-state index in [9.17, 15) is 0 Å². The van der Waals surface area contributed by atoms with Crippen LogP contribution >= 0.6 is 0 Å². The molecule has 0 spiro atoms. The van der Waals surface area contributed by atoms with Crippen molar-refractivity contribution in [1.82, 2.24) is 30.4 Å². The van der Waals surface area contributed by atoms with Crippen molar-refractivity contribution < 1.29 is 4.74 Å². The van der Waals surface area contributed by atoms with Gasteiger partial charge in [0, 0.05) is 44.2 Å². The van der Waals surface area contributed by atoms with Crippen LogP contribution < -0.4 is 15.4 Å². The van der Waals surface area contributed by atoms with E-state index < -0.39 is 0 Å². The first-order valence-corrected chi connectivity index (χ1v) is 10.6. The fraction of sp³-hybridized carbons (Fsp3) is 0.619. The lowest BCUT2D eigenvalue weighted by atomic mass is 10.1. The minimum atomic E-state index is 0.283. The first-order valence-electron chi connectivity index (χ1n) is 10.6. The molecule has 1 aliphatic carbocycles. The van der Waals surface area contributed by atoms with Crippen LogP contribution in [0, 0.1) is 5.92 Å². The van der Waals surface area contributed by atoms with Gasteiger partial charge in [-0.2, -0.15) is 5.10 Å². The Balaban J connectivity index is 1.29. The standard InChI is InChI=1S/C21H31N7O/c1-14(2)20-26-18-7-6-17(12-28(18)27-20)25-21(22-3)24-11-16-8-9-23-19(10-16)29-13-15-4-5-15/h8-10,14-15,17H,4-7,11-13H2,1-3H3,(H2,22,24,25).